The molecule has 4 heteroatoms. The summed E-state index contributed by atoms with van der Waals surface area (Å²) < 4.78 is 13.0. The van der Waals surface area contributed by atoms with Crippen molar-refractivity contribution >= 4 is 11.6 Å². The lowest BCUT2D eigenvalue weighted by Crippen LogP contribution is -2.27. The molecule has 0 radical (unpaired) electrons. The second-order valence-electron chi connectivity index (χ2n) is 3.38. The zero-order valence-electron chi connectivity index (χ0n) is 8.30. The maximum absolute atomic E-state index is 13.0. The fourth-order valence-electron chi connectivity index (χ4n) is 1.39. The van der Waals surface area contributed by atoms with Crippen LogP contribution >= 0.6 is 11.6 Å². The molecule has 0 fully saturated rings. The Morgan fingerprint density at radius 2 is 2.14 bits per heavy atom. The molecule has 1 atom stereocenters. The summed E-state index contributed by atoms with van der Waals surface area (Å²) in [4.78, 5) is 1.92. The van der Waals surface area contributed by atoms with Gasteiger partial charge < -0.3 is 10.6 Å². The number of nitrogens with two attached hydrogens (primary N) is 1. The normalized spacial score (nSPS) is 13.3. The molecule has 78 valence electrons. The van der Waals surface area contributed by atoms with Crippen molar-refractivity contribution < 1.29 is 4.39 Å². The van der Waals surface area contributed by atoms with Crippen LogP contribution in [-0.2, 0) is 0 Å². The number of hydrogen-bond donors (Lipinski definition) is 1. The molecule has 0 aliphatic rings. The first-order valence-corrected chi connectivity index (χ1v) is 4.75. The van der Waals surface area contributed by atoms with Crippen LogP contribution in [0.3, 0.4) is 0 Å². The van der Waals surface area contributed by atoms with Crippen LogP contribution in [0.4, 0.5) is 4.39 Å². The Labute approximate surface area is 88.5 Å². The SMILES string of the molecule is CN(C)C(CN)c1cc(F)ccc1Cl. The van der Waals surface area contributed by atoms with Gasteiger partial charge in [0.05, 0.1) is 0 Å². The third-order valence-corrected chi connectivity index (χ3v) is 2.51. The van der Waals surface area contributed by atoms with Gasteiger partial charge in [0, 0.05) is 17.6 Å². The van der Waals surface area contributed by atoms with Crippen LogP contribution in [0.5, 0.6) is 0 Å². The van der Waals surface area contributed by atoms with Crippen LogP contribution in [0, 0.1) is 5.82 Å². The Balaban J connectivity index is 3.08. The smallest absolute Gasteiger partial charge is 0.123 e. The lowest BCUT2D eigenvalue weighted by Gasteiger charge is -2.23. The number of hydrogen-bond acceptors (Lipinski definition) is 2. The zero-order valence-corrected chi connectivity index (χ0v) is 9.05. The molecule has 14 heavy (non-hydrogen) atoms. The van der Waals surface area contributed by atoms with Crippen LogP contribution in [0.15, 0.2) is 18.2 Å². The molecule has 0 heterocycles. The van der Waals surface area contributed by atoms with Crippen molar-refractivity contribution in [2.24, 2.45) is 5.73 Å². The molecule has 1 aromatic rings. The van der Waals surface area contributed by atoms with Crippen molar-refractivity contribution in [3.05, 3.63) is 34.6 Å². The van der Waals surface area contributed by atoms with Gasteiger partial charge in [0.25, 0.3) is 0 Å². The first kappa shape index (κ1) is 11.4. The molecule has 0 spiro atoms. The third-order valence-electron chi connectivity index (χ3n) is 2.16. The van der Waals surface area contributed by atoms with Gasteiger partial charge in [-0.2, -0.15) is 0 Å². The average molecular weight is 217 g/mol. The molecule has 0 aliphatic carbocycles. The highest BCUT2D eigenvalue weighted by atomic mass is 35.5. The van der Waals surface area contributed by atoms with Crippen molar-refractivity contribution in [2.75, 3.05) is 20.6 Å². The van der Waals surface area contributed by atoms with E-state index in [4.69, 9.17) is 17.3 Å². The minimum Gasteiger partial charge on any atom is -0.329 e. The first-order chi connectivity index (χ1) is 6.56. The van der Waals surface area contributed by atoms with Gasteiger partial charge in [0.2, 0.25) is 0 Å². The number of halogens is 2. The summed E-state index contributed by atoms with van der Waals surface area (Å²) in [5.74, 6) is -0.287. The highest BCUT2D eigenvalue weighted by Gasteiger charge is 2.15. The minimum absolute atomic E-state index is 0.0433. The largest absolute Gasteiger partial charge is 0.329 e. The van der Waals surface area contributed by atoms with E-state index in [0.717, 1.165) is 5.56 Å². The highest BCUT2D eigenvalue weighted by Crippen LogP contribution is 2.26. The Morgan fingerprint density at radius 3 is 2.64 bits per heavy atom. The van der Waals surface area contributed by atoms with Gasteiger partial charge in [-0.3, -0.25) is 0 Å². The summed E-state index contributed by atoms with van der Waals surface area (Å²) in [5, 5.41) is 0.551. The second-order valence-corrected chi connectivity index (χ2v) is 3.79. The standard InChI is InChI=1S/C10H14ClFN2/c1-14(2)10(6-13)8-5-7(12)3-4-9(8)11/h3-5,10H,6,13H2,1-2H3. The quantitative estimate of drug-likeness (QED) is 0.838. The second kappa shape index (κ2) is 4.73. The highest BCUT2D eigenvalue weighted by molar-refractivity contribution is 6.31. The van der Waals surface area contributed by atoms with Gasteiger partial charge in [0.1, 0.15) is 5.82 Å². The Morgan fingerprint density at radius 1 is 1.50 bits per heavy atom. The molecule has 0 aromatic heterocycles. The van der Waals surface area contributed by atoms with Crippen molar-refractivity contribution in [1.29, 1.82) is 0 Å². The molecular formula is C10H14ClFN2. The van der Waals surface area contributed by atoms with E-state index < -0.39 is 0 Å². The molecular weight excluding hydrogens is 203 g/mol. The fourth-order valence-corrected chi connectivity index (χ4v) is 1.63. The van der Waals surface area contributed by atoms with Gasteiger partial charge in [-0.1, -0.05) is 11.6 Å². The minimum atomic E-state index is -0.287. The predicted octanol–water partition coefficient (Wildman–Crippen LogP) is 2.04. The Hall–Kier alpha value is -0.640. The molecule has 0 bridgehead atoms. The van der Waals surface area contributed by atoms with Gasteiger partial charge in [0.15, 0.2) is 0 Å². The van der Waals surface area contributed by atoms with Gasteiger partial charge >= 0.3 is 0 Å². The summed E-state index contributed by atoms with van der Waals surface area (Å²) in [7, 11) is 3.78. The number of nitrogens with zero attached hydrogens (tertiary/aromatic N) is 1. The fraction of sp³-hybridized carbons (Fsp3) is 0.400. The van der Waals surface area contributed by atoms with Crippen LogP contribution in [-0.4, -0.2) is 25.5 Å². The first-order valence-electron chi connectivity index (χ1n) is 4.37. The molecule has 0 amide bonds. The van der Waals surface area contributed by atoms with Crippen molar-refractivity contribution in [2.45, 2.75) is 6.04 Å². The predicted molar refractivity (Wildman–Crippen MR) is 56.9 cm³/mol. The van der Waals surface area contributed by atoms with E-state index in [0.29, 0.717) is 11.6 Å². The van der Waals surface area contributed by atoms with Gasteiger partial charge in [-0.05, 0) is 37.9 Å². The summed E-state index contributed by atoms with van der Waals surface area (Å²) in [6.45, 7) is 0.413. The monoisotopic (exact) mass is 216 g/mol. The van der Waals surface area contributed by atoms with E-state index in [1.165, 1.54) is 12.1 Å². The lowest BCUT2D eigenvalue weighted by molar-refractivity contribution is 0.305. The van der Waals surface area contributed by atoms with Crippen molar-refractivity contribution in [3.63, 3.8) is 0 Å². The van der Waals surface area contributed by atoms with Gasteiger partial charge in [-0.15, -0.1) is 0 Å². The molecule has 0 aliphatic heterocycles. The molecule has 1 unspecified atom stereocenters. The lowest BCUT2D eigenvalue weighted by atomic mass is 10.1. The number of benzene rings is 1. The molecule has 1 aromatic carbocycles. The van der Waals surface area contributed by atoms with E-state index in [1.807, 2.05) is 19.0 Å². The van der Waals surface area contributed by atoms with Crippen LogP contribution in [0.2, 0.25) is 5.02 Å². The summed E-state index contributed by atoms with van der Waals surface area (Å²) in [6.07, 6.45) is 0. The van der Waals surface area contributed by atoms with E-state index in [2.05, 4.69) is 0 Å². The summed E-state index contributed by atoms with van der Waals surface area (Å²) in [6, 6.07) is 4.28. The summed E-state index contributed by atoms with van der Waals surface area (Å²) in [5.41, 5.74) is 6.34. The van der Waals surface area contributed by atoms with Crippen LogP contribution in [0.1, 0.15) is 11.6 Å². The number of rotatable bonds is 3. The molecule has 2 N–H and O–H groups in total. The third kappa shape index (κ3) is 2.44. The van der Waals surface area contributed by atoms with Crippen LogP contribution < -0.4 is 5.73 Å². The maximum Gasteiger partial charge on any atom is 0.123 e. The molecule has 0 saturated heterocycles. The van der Waals surface area contributed by atoms with E-state index in [-0.39, 0.29) is 11.9 Å². The Bertz CT molecular complexity index is 315. The maximum atomic E-state index is 13.0. The summed E-state index contributed by atoms with van der Waals surface area (Å²) >= 11 is 5.96. The van der Waals surface area contributed by atoms with E-state index in [1.54, 1.807) is 6.07 Å². The van der Waals surface area contributed by atoms with E-state index in [9.17, 15) is 4.39 Å². The van der Waals surface area contributed by atoms with Crippen molar-refractivity contribution in [3.8, 4) is 0 Å². The Kier molecular flexibility index (Phi) is 3.86. The van der Waals surface area contributed by atoms with Gasteiger partial charge in [-0.25, -0.2) is 4.39 Å². The van der Waals surface area contributed by atoms with Crippen molar-refractivity contribution in [1.82, 2.24) is 4.90 Å². The van der Waals surface area contributed by atoms with Crippen LogP contribution in [0.25, 0.3) is 0 Å². The zero-order chi connectivity index (χ0) is 10.7. The molecule has 0 saturated carbocycles. The molecule has 1 rings (SSSR count). The average Bonchev–Trinajstić information content (AvgIpc) is 2.11. The molecule has 2 nitrogen and oxygen atoms in total. The topological polar surface area (TPSA) is 29.3 Å². The number of likely N-dealkylation sites (N-methyl/N-ethyl adjacent to an activating group) is 1. The van der Waals surface area contributed by atoms with E-state index >= 15 is 0 Å².